The van der Waals surface area contributed by atoms with Gasteiger partial charge in [0.05, 0.1) is 11.0 Å². The lowest BCUT2D eigenvalue weighted by Gasteiger charge is -2.14. The second-order valence-electron chi connectivity index (χ2n) is 5.74. The minimum Gasteiger partial charge on any atom is -0.486 e. The molecule has 0 aliphatic heterocycles. The molecule has 0 fully saturated rings. The standard InChI is InChI=1S/C19H22N2O/c1-3-15(2)13-21-18-12-8-7-11-17(18)20-19(21)14-22-16-9-5-4-6-10-16/h4-12,15H,3,13-14H2,1-2H3/t15-/m0/s1. The first-order chi connectivity index (χ1) is 10.8. The smallest absolute Gasteiger partial charge is 0.148 e. The molecule has 0 saturated carbocycles. The maximum atomic E-state index is 5.89. The number of rotatable bonds is 6. The molecule has 3 rings (SSSR count). The van der Waals surface area contributed by atoms with Gasteiger partial charge in [0, 0.05) is 6.54 Å². The number of hydrogen-bond acceptors (Lipinski definition) is 2. The van der Waals surface area contributed by atoms with Gasteiger partial charge in [-0.1, -0.05) is 50.6 Å². The first kappa shape index (κ1) is 14.6. The van der Waals surface area contributed by atoms with E-state index in [2.05, 4.69) is 36.6 Å². The Morgan fingerprint density at radius 3 is 2.55 bits per heavy atom. The van der Waals surface area contributed by atoms with Crippen LogP contribution in [0.5, 0.6) is 5.75 Å². The quantitative estimate of drug-likeness (QED) is 0.661. The molecule has 0 bridgehead atoms. The van der Waals surface area contributed by atoms with Crippen LogP contribution in [0.4, 0.5) is 0 Å². The summed E-state index contributed by atoms with van der Waals surface area (Å²) in [7, 11) is 0. The van der Waals surface area contributed by atoms with Crippen LogP contribution in [0.15, 0.2) is 54.6 Å². The average Bonchev–Trinajstić information content (AvgIpc) is 2.91. The second-order valence-corrected chi connectivity index (χ2v) is 5.74. The Bertz CT molecular complexity index is 734. The van der Waals surface area contributed by atoms with Gasteiger partial charge in [0.25, 0.3) is 0 Å². The number of hydrogen-bond donors (Lipinski definition) is 0. The molecule has 1 aromatic heterocycles. The lowest BCUT2D eigenvalue weighted by atomic mass is 10.1. The summed E-state index contributed by atoms with van der Waals surface area (Å²) in [6.45, 7) is 5.97. The summed E-state index contributed by atoms with van der Waals surface area (Å²) in [5.41, 5.74) is 2.23. The van der Waals surface area contributed by atoms with Crippen molar-refractivity contribution in [3.63, 3.8) is 0 Å². The SMILES string of the molecule is CC[C@H](C)Cn1c(COc2ccccc2)nc2ccccc21. The van der Waals surface area contributed by atoms with Crippen LogP contribution in [-0.4, -0.2) is 9.55 Å². The highest BCUT2D eigenvalue weighted by Crippen LogP contribution is 2.20. The summed E-state index contributed by atoms with van der Waals surface area (Å²) in [6.07, 6.45) is 1.16. The highest BCUT2D eigenvalue weighted by Gasteiger charge is 2.13. The number of benzene rings is 2. The summed E-state index contributed by atoms with van der Waals surface area (Å²) >= 11 is 0. The van der Waals surface area contributed by atoms with E-state index in [0.29, 0.717) is 12.5 Å². The number of ether oxygens (including phenoxy) is 1. The molecule has 0 saturated heterocycles. The van der Waals surface area contributed by atoms with Crippen LogP contribution in [0, 0.1) is 5.92 Å². The summed E-state index contributed by atoms with van der Waals surface area (Å²) in [5, 5.41) is 0. The lowest BCUT2D eigenvalue weighted by Crippen LogP contribution is -2.12. The first-order valence-electron chi connectivity index (χ1n) is 7.90. The molecule has 0 amide bonds. The molecule has 0 aliphatic carbocycles. The summed E-state index contributed by atoms with van der Waals surface area (Å²) in [4.78, 5) is 4.75. The van der Waals surface area contributed by atoms with Crippen LogP contribution in [0.2, 0.25) is 0 Å². The zero-order valence-corrected chi connectivity index (χ0v) is 13.2. The first-order valence-corrected chi connectivity index (χ1v) is 7.90. The van der Waals surface area contributed by atoms with E-state index in [1.54, 1.807) is 0 Å². The molecular weight excluding hydrogens is 272 g/mol. The monoisotopic (exact) mass is 294 g/mol. The normalized spacial score (nSPS) is 12.5. The molecule has 3 aromatic rings. The van der Waals surface area contributed by atoms with Crippen LogP contribution in [-0.2, 0) is 13.2 Å². The van der Waals surface area contributed by atoms with E-state index in [0.717, 1.165) is 30.1 Å². The maximum absolute atomic E-state index is 5.89. The molecule has 1 atom stereocenters. The van der Waals surface area contributed by atoms with E-state index in [9.17, 15) is 0 Å². The summed E-state index contributed by atoms with van der Waals surface area (Å²) < 4.78 is 8.19. The Morgan fingerprint density at radius 1 is 1.05 bits per heavy atom. The van der Waals surface area contributed by atoms with Gasteiger partial charge in [0.2, 0.25) is 0 Å². The molecule has 22 heavy (non-hydrogen) atoms. The van der Waals surface area contributed by atoms with Crippen LogP contribution >= 0.6 is 0 Å². The molecule has 3 nitrogen and oxygen atoms in total. The molecule has 1 heterocycles. The van der Waals surface area contributed by atoms with Gasteiger partial charge in [-0.2, -0.15) is 0 Å². The number of fused-ring (bicyclic) bond motifs is 1. The third-order valence-corrected chi connectivity index (χ3v) is 4.04. The van der Waals surface area contributed by atoms with Gasteiger partial charge in [-0.15, -0.1) is 0 Å². The van der Waals surface area contributed by atoms with Gasteiger partial charge in [0.1, 0.15) is 18.2 Å². The van der Waals surface area contributed by atoms with Gasteiger partial charge in [0.15, 0.2) is 0 Å². The van der Waals surface area contributed by atoms with Crippen molar-refractivity contribution in [2.45, 2.75) is 33.4 Å². The van der Waals surface area contributed by atoms with Gasteiger partial charge < -0.3 is 9.30 Å². The number of nitrogens with zero attached hydrogens (tertiary/aromatic N) is 2. The van der Waals surface area contributed by atoms with Crippen molar-refractivity contribution in [1.82, 2.24) is 9.55 Å². The second kappa shape index (κ2) is 6.65. The van der Waals surface area contributed by atoms with Gasteiger partial charge in [-0.05, 0) is 30.2 Å². The Kier molecular flexibility index (Phi) is 4.42. The molecule has 0 spiro atoms. The predicted octanol–water partition coefficient (Wildman–Crippen LogP) is 4.66. The van der Waals surface area contributed by atoms with Crippen molar-refractivity contribution in [1.29, 1.82) is 0 Å². The molecule has 2 aromatic carbocycles. The van der Waals surface area contributed by atoms with Gasteiger partial charge in [-0.3, -0.25) is 0 Å². The van der Waals surface area contributed by atoms with E-state index >= 15 is 0 Å². The average molecular weight is 294 g/mol. The Morgan fingerprint density at radius 2 is 1.77 bits per heavy atom. The van der Waals surface area contributed by atoms with Crippen LogP contribution in [0.3, 0.4) is 0 Å². The van der Waals surface area contributed by atoms with E-state index in [1.165, 1.54) is 5.52 Å². The minimum absolute atomic E-state index is 0.495. The molecule has 3 heteroatoms. The molecular formula is C19H22N2O. The Labute approximate surface area is 131 Å². The predicted molar refractivity (Wildman–Crippen MR) is 90.0 cm³/mol. The Hall–Kier alpha value is -2.29. The molecule has 0 radical (unpaired) electrons. The third kappa shape index (κ3) is 3.14. The van der Waals surface area contributed by atoms with Crippen molar-refractivity contribution in [2.24, 2.45) is 5.92 Å². The number of aromatic nitrogens is 2. The summed E-state index contributed by atoms with van der Waals surface area (Å²) in [6, 6.07) is 18.2. The molecule has 0 unspecified atom stereocenters. The van der Waals surface area contributed by atoms with Crippen LogP contribution in [0.1, 0.15) is 26.1 Å². The van der Waals surface area contributed by atoms with Crippen molar-refractivity contribution in [2.75, 3.05) is 0 Å². The van der Waals surface area contributed by atoms with Gasteiger partial charge >= 0.3 is 0 Å². The Balaban J connectivity index is 1.88. The van der Waals surface area contributed by atoms with Crippen LogP contribution in [0.25, 0.3) is 11.0 Å². The van der Waals surface area contributed by atoms with Gasteiger partial charge in [-0.25, -0.2) is 4.98 Å². The number of imidazole rings is 1. The number of para-hydroxylation sites is 3. The maximum Gasteiger partial charge on any atom is 0.148 e. The van der Waals surface area contributed by atoms with Crippen molar-refractivity contribution in [3.05, 3.63) is 60.4 Å². The van der Waals surface area contributed by atoms with Crippen molar-refractivity contribution in [3.8, 4) is 5.75 Å². The van der Waals surface area contributed by atoms with E-state index in [-0.39, 0.29) is 0 Å². The highest BCUT2D eigenvalue weighted by atomic mass is 16.5. The van der Waals surface area contributed by atoms with Crippen molar-refractivity contribution < 1.29 is 4.74 Å². The van der Waals surface area contributed by atoms with Crippen molar-refractivity contribution >= 4 is 11.0 Å². The molecule has 114 valence electrons. The summed E-state index contributed by atoms with van der Waals surface area (Å²) in [5.74, 6) is 2.49. The van der Waals surface area contributed by atoms with Crippen LogP contribution < -0.4 is 4.74 Å². The molecule has 0 aliphatic rings. The highest BCUT2D eigenvalue weighted by molar-refractivity contribution is 5.75. The zero-order chi connectivity index (χ0) is 15.4. The third-order valence-electron chi connectivity index (χ3n) is 4.04. The topological polar surface area (TPSA) is 27.1 Å². The largest absolute Gasteiger partial charge is 0.486 e. The fraction of sp³-hybridized carbons (Fsp3) is 0.316. The van der Waals surface area contributed by atoms with E-state index in [4.69, 9.17) is 9.72 Å². The fourth-order valence-electron chi connectivity index (χ4n) is 2.54. The van der Waals surface area contributed by atoms with E-state index in [1.807, 2.05) is 36.4 Å². The fourth-order valence-corrected chi connectivity index (χ4v) is 2.54. The van der Waals surface area contributed by atoms with E-state index < -0.39 is 0 Å². The zero-order valence-electron chi connectivity index (χ0n) is 13.2. The molecule has 0 N–H and O–H groups in total. The minimum atomic E-state index is 0.495. The lowest BCUT2D eigenvalue weighted by molar-refractivity contribution is 0.286.